The van der Waals surface area contributed by atoms with Gasteiger partial charge in [0, 0.05) is 0 Å². The summed E-state index contributed by atoms with van der Waals surface area (Å²) in [5.41, 5.74) is 1.35. The van der Waals surface area contributed by atoms with E-state index in [1.54, 1.807) is 30.3 Å². The van der Waals surface area contributed by atoms with Gasteiger partial charge in [-0.05, 0) is 53.6 Å². The van der Waals surface area contributed by atoms with Crippen LogP contribution in [-0.2, 0) is 16.2 Å². The Bertz CT molecular complexity index is 1140. The molecule has 2 fully saturated rings. The molecule has 0 aromatic heterocycles. The summed E-state index contributed by atoms with van der Waals surface area (Å²) < 4.78 is 5.76. The van der Waals surface area contributed by atoms with E-state index in [1.807, 2.05) is 12.2 Å². The third-order valence-corrected chi connectivity index (χ3v) is 7.46. The summed E-state index contributed by atoms with van der Waals surface area (Å²) in [4.78, 5) is 25.5. The Labute approximate surface area is 204 Å². The van der Waals surface area contributed by atoms with E-state index in [0.717, 1.165) is 17.0 Å². The lowest BCUT2D eigenvalue weighted by Crippen LogP contribution is -2.28. The maximum atomic E-state index is 12.7. The summed E-state index contributed by atoms with van der Waals surface area (Å²) in [6.45, 7) is 0.194. The number of allylic oxidation sites excluding steroid dienone is 2. The molecule has 0 spiro atoms. The fourth-order valence-corrected chi connectivity index (χ4v) is 5.64. The molecule has 32 heavy (non-hydrogen) atoms. The number of fused-ring (bicyclic) bond motifs is 5. The molecule has 4 atom stereocenters. The average Bonchev–Trinajstić information content (AvgIpc) is 3.43. The zero-order valence-electron chi connectivity index (χ0n) is 16.5. The van der Waals surface area contributed by atoms with Crippen LogP contribution in [0, 0.1) is 23.7 Å². The largest absolute Gasteiger partial charge is 0.486 e. The first-order valence-corrected chi connectivity index (χ1v) is 11.5. The minimum Gasteiger partial charge on any atom is -0.486 e. The van der Waals surface area contributed by atoms with Crippen LogP contribution in [-0.4, -0.2) is 23.0 Å². The van der Waals surface area contributed by atoms with Crippen LogP contribution in [0.4, 0.5) is 0 Å². The quantitative estimate of drug-likeness (QED) is 0.281. The molecular formula is C23H16Cl4N2O3. The number of hydrogen-bond donors (Lipinski definition) is 0. The highest BCUT2D eigenvalue weighted by atomic mass is 35.5. The zero-order valence-corrected chi connectivity index (χ0v) is 19.5. The molecule has 2 aliphatic carbocycles. The third kappa shape index (κ3) is 3.71. The van der Waals surface area contributed by atoms with E-state index >= 15 is 0 Å². The van der Waals surface area contributed by atoms with E-state index in [2.05, 4.69) is 5.10 Å². The van der Waals surface area contributed by atoms with Crippen LogP contribution in [0.3, 0.4) is 0 Å². The van der Waals surface area contributed by atoms with Crippen LogP contribution >= 0.6 is 46.4 Å². The number of amides is 2. The van der Waals surface area contributed by atoms with Crippen molar-refractivity contribution in [3.05, 3.63) is 73.7 Å². The van der Waals surface area contributed by atoms with Crippen molar-refractivity contribution in [3.8, 4) is 5.75 Å². The van der Waals surface area contributed by atoms with Crippen LogP contribution in [0.25, 0.3) is 0 Å². The van der Waals surface area contributed by atoms with Crippen LogP contribution in [0.1, 0.15) is 17.5 Å². The van der Waals surface area contributed by atoms with E-state index < -0.39 is 0 Å². The standard InChI is InChI=1S/C23H16Cl4N2O3/c24-15-4-1-11(5-16(15)25)10-32-21-17(26)6-12(7-18(21)27)9-28-29-22(30)19-13-2-3-14(8-13)20(19)23(29)31/h1-7,9,13-14,19-20H,8,10H2/t13-,14-,19-,20+/m0/s1. The molecule has 2 aromatic rings. The van der Waals surface area contributed by atoms with Crippen LogP contribution in [0.5, 0.6) is 5.75 Å². The molecule has 0 unspecified atom stereocenters. The second-order valence-corrected chi connectivity index (χ2v) is 9.71. The molecule has 0 N–H and O–H groups in total. The first-order chi connectivity index (χ1) is 15.3. The Hall–Kier alpha value is -2.05. The highest BCUT2D eigenvalue weighted by molar-refractivity contribution is 6.42. The molecule has 9 heteroatoms. The van der Waals surface area contributed by atoms with E-state index in [0.29, 0.717) is 21.4 Å². The lowest BCUT2D eigenvalue weighted by molar-refractivity contribution is -0.140. The Morgan fingerprint density at radius 2 is 1.53 bits per heavy atom. The van der Waals surface area contributed by atoms with Crippen molar-refractivity contribution in [2.24, 2.45) is 28.8 Å². The van der Waals surface area contributed by atoms with Crippen molar-refractivity contribution in [2.45, 2.75) is 13.0 Å². The Morgan fingerprint density at radius 1 is 0.906 bits per heavy atom. The van der Waals surface area contributed by atoms with E-state index in [-0.39, 0.29) is 52.1 Å². The van der Waals surface area contributed by atoms with Gasteiger partial charge in [0.1, 0.15) is 6.61 Å². The van der Waals surface area contributed by atoms with Gasteiger partial charge < -0.3 is 4.74 Å². The molecule has 5 nitrogen and oxygen atoms in total. The predicted octanol–water partition coefficient (Wildman–Crippen LogP) is 6.02. The van der Waals surface area contributed by atoms with Crippen molar-refractivity contribution in [1.29, 1.82) is 0 Å². The van der Waals surface area contributed by atoms with E-state index in [9.17, 15) is 9.59 Å². The van der Waals surface area contributed by atoms with Gasteiger partial charge in [-0.1, -0.05) is 64.6 Å². The van der Waals surface area contributed by atoms with Gasteiger partial charge in [0.2, 0.25) is 0 Å². The number of hydrazone groups is 1. The molecule has 1 heterocycles. The molecule has 2 bridgehead atoms. The van der Waals surface area contributed by atoms with Gasteiger partial charge in [0.25, 0.3) is 11.8 Å². The molecule has 2 amide bonds. The molecule has 1 saturated carbocycles. The van der Waals surface area contributed by atoms with Crippen molar-refractivity contribution >= 4 is 64.4 Å². The molecule has 1 aliphatic heterocycles. The van der Waals surface area contributed by atoms with Gasteiger partial charge in [-0.3, -0.25) is 9.59 Å². The number of hydrogen-bond acceptors (Lipinski definition) is 4. The molecule has 3 aliphatic rings. The molecule has 5 rings (SSSR count). The van der Waals surface area contributed by atoms with Gasteiger partial charge in [0.05, 0.1) is 38.1 Å². The van der Waals surface area contributed by atoms with Gasteiger partial charge >= 0.3 is 0 Å². The minimum atomic E-state index is -0.293. The Balaban J connectivity index is 1.30. The van der Waals surface area contributed by atoms with Crippen LogP contribution in [0.2, 0.25) is 20.1 Å². The first kappa shape index (κ1) is 21.8. The van der Waals surface area contributed by atoms with Gasteiger partial charge in [-0.25, -0.2) is 0 Å². The van der Waals surface area contributed by atoms with Crippen molar-refractivity contribution in [3.63, 3.8) is 0 Å². The monoisotopic (exact) mass is 508 g/mol. The number of nitrogens with zero attached hydrogens (tertiary/aromatic N) is 2. The third-order valence-electron chi connectivity index (χ3n) is 6.16. The Kier molecular flexibility index (Phi) is 5.70. The lowest BCUT2D eigenvalue weighted by atomic mass is 9.85. The first-order valence-electron chi connectivity index (χ1n) is 9.99. The van der Waals surface area contributed by atoms with Crippen LogP contribution in [0.15, 0.2) is 47.6 Å². The average molecular weight is 510 g/mol. The summed E-state index contributed by atoms with van der Waals surface area (Å²) in [6, 6.07) is 8.39. The highest BCUT2D eigenvalue weighted by Gasteiger charge is 2.59. The molecule has 2 aromatic carbocycles. The Morgan fingerprint density at radius 3 is 2.12 bits per heavy atom. The van der Waals surface area contributed by atoms with Gasteiger partial charge in [-0.2, -0.15) is 10.1 Å². The summed E-state index contributed by atoms with van der Waals surface area (Å²) in [6.07, 6.45) is 6.37. The number of rotatable bonds is 5. The van der Waals surface area contributed by atoms with E-state index in [1.165, 1.54) is 6.21 Å². The van der Waals surface area contributed by atoms with E-state index in [4.69, 9.17) is 51.1 Å². The second-order valence-electron chi connectivity index (χ2n) is 8.08. The number of carbonyl (C=O) groups is 2. The summed E-state index contributed by atoms with van der Waals surface area (Å²) in [5.74, 6) is -0.492. The molecule has 164 valence electrons. The number of benzene rings is 2. The minimum absolute atomic E-state index is 0.137. The molecule has 1 saturated heterocycles. The van der Waals surface area contributed by atoms with Gasteiger partial charge in [0.15, 0.2) is 5.75 Å². The topological polar surface area (TPSA) is 59.0 Å². The fraction of sp³-hybridized carbons (Fsp3) is 0.261. The summed E-state index contributed by atoms with van der Waals surface area (Å²) in [7, 11) is 0. The smallest absolute Gasteiger partial charge is 0.254 e. The highest BCUT2D eigenvalue weighted by Crippen LogP contribution is 2.52. The predicted molar refractivity (Wildman–Crippen MR) is 124 cm³/mol. The van der Waals surface area contributed by atoms with Crippen molar-refractivity contribution in [1.82, 2.24) is 5.01 Å². The molecule has 0 radical (unpaired) electrons. The number of ether oxygens (including phenoxy) is 1. The maximum absolute atomic E-state index is 12.7. The van der Waals surface area contributed by atoms with Crippen LogP contribution < -0.4 is 4.74 Å². The van der Waals surface area contributed by atoms with Gasteiger partial charge in [-0.15, -0.1) is 0 Å². The number of halogens is 4. The number of imide groups is 1. The second kappa shape index (κ2) is 8.38. The summed E-state index contributed by atoms with van der Waals surface area (Å²) >= 11 is 24.7. The number of carbonyl (C=O) groups excluding carboxylic acids is 2. The normalized spacial score (nSPS) is 25.9. The summed E-state index contributed by atoms with van der Waals surface area (Å²) in [5, 5.41) is 6.57. The van der Waals surface area contributed by atoms with Crippen molar-refractivity contribution in [2.75, 3.05) is 0 Å². The fourth-order valence-electron chi connectivity index (χ4n) is 4.70. The van der Waals surface area contributed by atoms with Crippen molar-refractivity contribution < 1.29 is 14.3 Å². The lowest BCUT2D eigenvalue weighted by Gasteiger charge is -2.13. The maximum Gasteiger partial charge on any atom is 0.254 e. The molecular weight excluding hydrogens is 494 g/mol. The SMILES string of the molecule is O=C1[C@@H]2[C@H](C(=O)N1N=Cc1cc(Cl)c(OCc3ccc(Cl)c(Cl)c3)c(Cl)c1)[C@H]1C=C[C@H]2C1. The zero-order chi connectivity index (χ0) is 22.6.